The van der Waals surface area contributed by atoms with Gasteiger partial charge in [0.2, 0.25) is 5.91 Å². The van der Waals surface area contributed by atoms with E-state index < -0.39 is 12.0 Å². The molecule has 8 heteroatoms. The third-order valence-electron chi connectivity index (χ3n) is 4.05. The molecule has 0 bridgehead atoms. The average Bonchev–Trinajstić information content (AvgIpc) is 3.08. The van der Waals surface area contributed by atoms with Crippen LogP contribution in [-0.2, 0) is 27.4 Å². The molecule has 1 aromatic carbocycles. The maximum Gasteiger partial charge on any atom is 0.328 e. The van der Waals surface area contributed by atoms with Gasteiger partial charge in [0.1, 0.15) is 17.4 Å². The molecule has 1 saturated heterocycles. The number of rotatable bonds is 6. The zero-order chi connectivity index (χ0) is 18.5. The van der Waals surface area contributed by atoms with Gasteiger partial charge in [-0.3, -0.25) is 4.79 Å². The number of carboxylic acids is 1. The van der Waals surface area contributed by atoms with Crippen molar-refractivity contribution in [2.75, 3.05) is 19.8 Å². The smallest absolute Gasteiger partial charge is 0.328 e. The Bertz CT molecular complexity index is 774. The summed E-state index contributed by atoms with van der Waals surface area (Å²) in [6.07, 6.45) is 0.0742. The van der Waals surface area contributed by atoms with Crippen molar-refractivity contribution in [3.05, 3.63) is 45.9 Å². The topological polar surface area (TPSA) is 89.0 Å². The molecule has 26 heavy (non-hydrogen) atoms. The predicted molar refractivity (Wildman–Crippen MR) is 95.3 cm³/mol. The summed E-state index contributed by atoms with van der Waals surface area (Å²) in [6.45, 7) is 2.99. The number of benzene rings is 1. The maximum absolute atomic E-state index is 12.4. The molecule has 138 valence electrons. The Labute approximate surface area is 155 Å². The van der Waals surface area contributed by atoms with Crippen molar-refractivity contribution in [3.8, 4) is 5.75 Å². The summed E-state index contributed by atoms with van der Waals surface area (Å²) >= 11 is 1.42. The number of hydrogen-bond donors (Lipinski definition) is 1. The van der Waals surface area contributed by atoms with Crippen molar-refractivity contribution in [2.24, 2.45) is 0 Å². The maximum atomic E-state index is 12.4. The molecule has 0 aliphatic carbocycles. The zero-order valence-electron chi connectivity index (χ0n) is 14.4. The number of ether oxygens (including phenoxy) is 2. The first-order valence-corrected chi connectivity index (χ1v) is 9.13. The van der Waals surface area contributed by atoms with E-state index in [0.29, 0.717) is 18.9 Å². The summed E-state index contributed by atoms with van der Waals surface area (Å²) in [5.41, 5.74) is 1.79. The van der Waals surface area contributed by atoms with Crippen molar-refractivity contribution >= 4 is 23.2 Å². The molecule has 1 aliphatic rings. The van der Waals surface area contributed by atoms with E-state index >= 15 is 0 Å². The molecule has 1 aliphatic heterocycles. The molecular formula is C18H20N2O5S. The first-order chi connectivity index (χ1) is 12.5. The van der Waals surface area contributed by atoms with E-state index in [0.717, 1.165) is 16.3 Å². The fraction of sp³-hybridized carbons (Fsp3) is 0.389. The van der Waals surface area contributed by atoms with Gasteiger partial charge in [0.15, 0.2) is 6.04 Å². The summed E-state index contributed by atoms with van der Waals surface area (Å²) in [5.74, 6) is -0.540. The van der Waals surface area contributed by atoms with Crippen LogP contribution in [0.3, 0.4) is 0 Å². The van der Waals surface area contributed by atoms with Crippen molar-refractivity contribution in [1.82, 2.24) is 9.88 Å². The van der Waals surface area contributed by atoms with Crippen LogP contribution >= 0.6 is 11.3 Å². The number of aliphatic carboxylic acids is 1. The SMILES string of the molecule is Cc1ccc(OCc2nc(CC(=O)N3CCOC[C@@H]3C(=O)O)cs2)cc1. The van der Waals surface area contributed by atoms with Gasteiger partial charge in [0, 0.05) is 11.9 Å². The summed E-state index contributed by atoms with van der Waals surface area (Å²) in [6, 6.07) is 6.82. The minimum atomic E-state index is -1.05. The Morgan fingerprint density at radius 3 is 2.88 bits per heavy atom. The summed E-state index contributed by atoms with van der Waals surface area (Å²) in [7, 11) is 0. The van der Waals surface area contributed by atoms with Gasteiger partial charge in [-0.1, -0.05) is 17.7 Å². The summed E-state index contributed by atoms with van der Waals surface area (Å²) in [4.78, 5) is 29.5. The molecule has 0 spiro atoms. The molecule has 7 nitrogen and oxygen atoms in total. The first kappa shape index (κ1) is 18.3. The Balaban J connectivity index is 1.56. The zero-order valence-corrected chi connectivity index (χ0v) is 15.2. The van der Waals surface area contributed by atoms with Crippen molar-refractivity contribution in [2.45, 2.75) is 26.0 Å². The molecule has 0 unspecified atom stereocenters. The number of morpholine rings is 1. The van der Waals surface area contributed by atoms with Gasteiger partial charge in [-0.15, -0.1) is 11.3 Å². The molecule has 1 atom stereocenters. The lowest BCUT2D eigenvalue weighted by Gasteiger charge is -2.32. The van der Waals surface area contributed by atoms with Gasteiger partial charge in [0.25, 0.3) is 0 Å². The number of carboxylic acid groups (broad SMARTS) is 1. The standard InChI is InChI=1S/C18H20N2O5S/c1-12-2-4-14(5-3-12)25-10-16-19-13(11-26-16)8-17(21)20-6-7-24-9-15(20)18(22)23/h2-5,11,15H,6-10H2,1H3,(H,22,23)/t15-/m1/s1. The number of amides is 1. The van der Waals surface area contributed by atoms with Crippen molar-refractivity contribution in [1.29, 1.82) is 0 Å². The van der Waals surface area contributed by atoms with Crippen LogP contribution in [0.2, 0.25) is 0 Å². The van der Waals surface area contributed by atoms with Crippen LogP contribution in [0.4, 0.5) is 0 Å². The van der Waals surface area contributed by atoms with Gasteiger partial charge in [-0.05, 0) is 19.1 Å². The van der Waals surface area contributed by atoms with E-state index in [4.69, 9.17) is 9.47 Å². The van der Waals surface area contributed by atoms with E-state index in [9.17, 15) is 14.7 Å². The number of hydrogen-bond acceptors (Lipinski definition) is 6. The second-order valence-electron chi connectivity index (χ2n) is 6.03. The highest BCUT2D eigenvalue weighted by molar-refractivity contribution is 7.09. The van der Waals surface area contributed by atoms with Gasteiger partial charge in [-0.2, -0.15) is 0 Å². The molecule has 1 amide bonds. The molecule has 2 aromatic rings. The summed E-state index contributed by atoms with van der Waals surface area (Å²) in [5, 5.41) is 11.8. The van der Waals surface area contributed by atoms with Crippen LogP contribution in [0.25, 0.3) is 0 Å². The fourth-order valence-electron chi connectivity index (χ4n) is 2.64. The van der Waals surface area contributed by atoms with Crippen molar-refractivity contribution in [3.63, 3.8) is 0 Å². The lowest BCUT2D eigenvalue weighted by atomic mass is 10.2. The molecule has 1 N–H and O–H groups in total. The molecule has 3 rings (SSSR count). The van der Waals surface area contributed by atoms with E-state index in [1.165, 1.54) is 16.2 Å². The van der Waals surface area contributed by atoms with Crippen LogP contribution in [0.1, 0.15) is 16.3 Å². The highest BCUT2D eigenvalue weighted by atomic mass is 32.1. The number of thiazole rings is 1. The molecular weight excluding hydrogens is 356 g/mol. The van der Waals surface area contributed by atoms with Crippen LogP contribution in [0, 0.1) is 6.92 Å². The van der Waals surface area contributed by atoms with Gasteiger partial charge < -0.3 is 19.5 Å². The largest absolute Gasteiger partial charge is 0.486 e. The highest BCUT2D eigenvalue weighted by Crippen LogP contribution is 2.17. The number of aryl methyl sites for hydroxylation is 1. The minimum absolute atomic E-state index is 0.0216. The summed E-state index contributed by atoms with van der Waals surface area (Å²) < 4.78 is 10.8. The quantitative estimate of drug-likeness (QED) is 0.828. The van der Waals surface area contributed by atoms with Crippen LogP contribution in [0.15, 0.2) is 29.6 Å². The molecule has 1 fully saturated rings. The van der Waals surface area contributed by atoms with Crippen LogP contribution in [0.5, 0.6) is 5.75 Å². The average molecular weight is 376 g/mol. The van der Waals surface area contributed by atoms with E-state index in [1.54, 1.807) is 0 Å². The lowest BCUT2D eigenvalue weighted by molar-refractivity contribution is -0.158. The number of carbonyl (C=O) groups excluding carboxylic acids is 1. The fourth-order valence-corrected chi connectivity index (χ4v) is 3.34. The highest BCUT2D eigenvalue weighted by Gasteiger charge is 2.32. The Morgan fingerprint density at radius 2 is 2.15 bits per heavy atom. The Kier molecular flexibility index (Phi) is 5.85. The number of nitrogens with zero attached hydrogens (tertiary/aromatic N) is 2. The second kappa shape index (κ2) is 8.29. The third kappa shape index (κ3) is 4.59. The van der Waals surface area contributed by atoms with Crippen LogP contribution < -0.4 is 4.74 Å². The van der Waals surface area contributed by atoms with E-state index in [1.807, 2.05) is 36.6 Å². The Morgan fingerprint density at radius 1 is 1.38 bits per heavy atom. The van der Waals surface area contributed by atoms with Gasteiger partial charge >= 0.3 is 5.97 Å². The third-order valence-corrected chi connectivity index (χ3v) is 4.92. The molecule has 1 aromatic heterocycles. The van der Waals surface area contributed by atoms with Gasteiger partial charge in [0.05, 0.1) is 25.3 Å². The molecule has 2 heterocycles. The Hall–Kier alpha value is -2.45. The van der Waals surface area contributed by atoms with E-state index in [2.05, 4.69) is 4.98 Å². The number of aromatic nitrogens is 1. The van der Waals surface area contributed by atoms with E-state index in [-0.39, 0.29) is 25.5 Å². The molecule has 0 radical (unpaired) electrons. The predicted octanol–water partition coefficient (Wildman–Crippen LogP) is 1.89. The van der Waals surface area contributed by atoms with Crippen molar-refractivity contribution < 1.29 is 24.2 Å². The minimum Gasteiger partial charge on any atom is -0.486 e. The number of carbonyl (C=O) groups is 2. The second-order valence-corrected chi connectivity index (χ2v) is 6.97. The molecule has 0 saturated carbocycles. The normalized spacial score (nSPS) is 17.1. The first-order valence-electron chi connectivity index (χ1n) is 8.25. The lowest BCUT2D eigenvalue weighted by Crippen LogP contribution is -2.53. The monoisotopic (exact) mass is 376 g/mol. The van der Waals surface area contributed by atoms with Crippen LogP contribution in [-0.4, -0.2) is 52.7 Å². The van der Waals surface area contributed by atoms with Gasteiger partial charge in [-0.25, -0.2) is 9.78 Å².